The molecular formula is C14H12Cl4O2. The summed E-state index contributed by atoms with van der Waals surface area (Å²) in [5, 5.41) is 0. The van der Waals surface area contributed by atoms with Gasteiger partial charge in [-0.3, -0.25) is 9.59 Å². The van der Waals surface area contributed by atoms with Crippen molar-refractivity contribution < 1.29 is 9.59 Å². The third-order valence-corrected chi connectivity index (χ3v) is 10.2. The van der Waals surface area contributed by atoms with Crippen molar-refractivity contribution in [3.8, 4) is 0 Å². The summed E-state index contributed by atoms with van der Waals surface area (Å²) in [5.41, 5.74) is 0. The molecule has 108 valence electrons. The summed E-state index contributed by atoms with van der Waals surface area (Å²) in [5.74, 6) is -0.578. The summed E-state index contributed by atoms with van der Waals surface area (Å²) >= 11 is 26.5. The highest BCUT2D eigenvalue weighted by atomic mass is 35.5. The number of halogens is 4. The standard InChI is InChI=1S/C14H12Cl4O2/c15-11-5-1-2-6(5)12(11,16)10(20)14(18)8-4-3-7(8)13(14,17)9(11)19/h5-8H,1-4H2. The second kappa shape index (κ2) is 3.09. The molecule has 0 N–H and O–H groups in total. The molecule has 8 atom stereocenters. The highest BCUT2D eigenvalue weighted by Crippen LogP contribution is 2.81. The number of carbonyl (C=O) groups is 2. The first-order valence-electron chi connectivity index (χ1n) is 7.12. The Morgan fingerprint density at radius 1 is 0.600 bits per heavy atom. The molecule has 0 aromatic rings. The maximum atomic E-state index is 13.0. The zero-order chi connectivity index (χ0) is 14.3. The monoisotopic (exact) mass is 352 g/mol. The van der Waals surface area contributed by atoms with E-state index in [2.05, 4.69) is 0 Å². The van der Waals surface area contributed by atoms with Gasteiger partial charge in [0.25, 0.3) is 0 Å². The lowest BCUT2D eigenvalue weighted by Gasteiger charge is -2.79. The minimum Gasteiger partial charge on any atom is -0.296 e. The van der Waals surface area contributed by atoms with Gasteiger partial charge in [-0.1, -0.05) is 0 Å². The van der Waals surface area contributed by atoms with Gasteiger partial charge < -0.3 is 0 Å². The summed E-state index contributed by atoms with van der Waals surface area (Å²) in [6.45, 7) is 0. The number of ketones is 2. The smallest absolute Gasteiger partial charge is 0.179 e. The van der Waals surface area contributed by atoms with Gasteiger partial charge in [0.15, 0.2) is 11.6 Å². The maximum Gasteiger partial charge on any atom is 0.179 e. The van der Waals surface area contributed by atoms with Gasteiger partial charge in [-0.15, -0.1) is 46.4 Å². The Kier molecular flexibility index (Phi) is 2.00. The van der Waals surface area contributed by atoms with Gasteiger partial charge in [0.05, 0.1) is 0 Å². The van der Waals surface area contributed by atoms with E-state index in [9.17, 15) is 9.59 Å². The molecule has 0 aromatic carbocycles. The summed E-state index contributed by atoms with van der Waals surface area (Å²) in [6, 6.07) is 0. The molecule has 0 aromatic heterocycles. The van der Waals surface area contributed by atoms with E-state index in [1.54, 1.807) is 0 Å². The number of Topliss-reactive ketones (excluding diaryl/α,β-unsaturated/α-hetero) is 2. The predicted octanol–water partition coefficient (Wildman–Crippen LogP) is 3.13. The lowest BCUT2D eigenvalue weighted by molar-refractivity contribution is -0.189. The van der Waals surface area contributed by atoms with Gasteiger partial charge in [-0.25, -0.2) is 0 Å². The molecule has 5 aliphatic carbocycles. The predicted molar refractivity (Wildman–Crippen MR) is 76.8 cm³/mol. The van der Waals surface area contributed by atoms with Crippen molar-refractivity contribution in [1.82, 2.24) is 0 Å². The van der Waals surface area contributed by atoms with E-state index in [0.29, 0.717) is 0 Å². The van der Waals surface area contributed by atoms with Gasteiger partial charge in [-0.05, 0) is 49.4 Å². The summed E-state index contributed by atoms with van der Waals surface area (Å²) in [4.78, 5) is 20.8. The van der Waals surface area contributed by atoms with Crippen LogP contribution in [0.15, 0.2) is 0 Å². The third-order valence-electron chi connectivity index (χ3n) is 6.97. The van der Waals surface area contributed by atoms with Crippen LogP contribution in [0.5, 0.6) is 0 Å². The molecule has 0 heterocycles. The van der Waals surface area contributed by atoms with Gasteiger partial charge in [0.2, 0.25) is 0 Å². The second-order valence-corrected chi connectivity index (χ2v) is 9.47. The Bertz CT molecular complexity index is 508. The lowest BCUT2D eigenvalue weighted by atomic mass is 9.31. The molecule has 0 aliphatic heterocycles. The Balaban J connectivity index is 1.74. The lowest BCUT2D eigenvalue weighted by Crippen LogP contribution is -2.95. The number of alkyl halides is 4. The van der Waals surface area contributed by atoms with Crippen molar-refractivity contribution in [3.63, 3.8) is 0 Å². The van der Waals surface area contributed by atoms with Gasteiger partial charge in [0, 0.05) is 0 Å². The molecule has 5 fully saturated rings. The molecule has 5 rings (SSSR count). The van der Waals surface area contributed by atoms with Crippen LogP contribution in [-0.4, -0.2) is 31.1 Å². The number of hydrogen-bond acceptors (Lipinski definition) is 2. The second-order valence-electron chi connectivity index (χ2n) is 7.09. The zero-order valence-corrected chi connectivity index (χ0v) is 13.5. The van der Waals surface area contributed by atoms with Crippen LogP contribution in [0.25, 0.3) is 0 Å². The summed E-state index contributed by atoms with van der Waals surface area (Å²) < 4.78 is 0. The van der Waals surface area contributed by atoms with E-state index >= 15 is 0 Å². The molecule has 5 aliphatic rings. The van der Waals surface area contributed by atoms with E-state index in [1.807, 2.05) is 0 Å². The highest BCUT2D eigenvalue weighted by molar-refractivity contribution is 6.65. The minimum atomic E-state index is -1.32. The highest BCUT2D eigenvalue weighted by Gasteiger charge is 2.94. The maximum absolute atomic E-state index is 13.0. The number of fused-ring (bicyclic) bond motifs is 8. The first-order chi connectivity index (χ1) is 9.26. The fourth-order valence-corrected chi connectivity index (χ4v) is 8.30. The first kappa shape index (κ1) is 13.0. The van der Waals surface area contributed by atoms with E-state index in [0.717, 1.165) is 25.7 Å². The Morgan fingerprint density at radius 3 is 0.950 bits per heavy atom. The first-order valence-corrected chi connectivity index (χ1v) is 8.63. The van der Waals surface area contributed by atoms with E-state index in [4.69, 9.17) is 46.4 Å². The van der Waals surface area contributed by atoms with Crippen molar-refractivity contribution >= 4 is 58.0 Å². The Labute approximate surface area is 136 Å². The van der Waals surface area contributed by atoms with E-state index in [1.165, 1.54) is 0 Å². The normalized spacial score (nSPS) is 69.2. The van der Waals surface area contributed by atoms with Crippen LogP contribution < -0.4 is 0 Å². The van der Waals surface area contributed by atoms with Crippen molar-refractivity contribution in [2.45, 2.75) is 45.2 Å². The van der Waals surface area contributed by atoms with E-state index < -0.39 is 19.5 Å². The average molecular weight is 354 g/mol. The number of carbonyl (C=O) groups excluding carboxylic acids is 2. The van der Waals surface area contributed by atoms with Crippen LogP contribution in [0.3, 0.4) is 0 Å². The molecule has 5 saturated carbocycles. The third kappa shape index (κ3) is 0.793. The summed E-state index contributed by atoms with van der Waals surface area (Å²) in [6.07, 6.45) is 3.38. The van der Waals surface area contributed by atoms with Gasteiger partial charge in [-0.2, -0.15) is 0 Å². The van der Waals surface area contributed by atoms with Crippen LogP contribution >= 0.6 is 46.4 Å². The fraction of sp³-hybridized carbons (Fsp3) is 0.857. The van der Waals surface area contributed by atoms with Crippen molar-refractivity contribution in [3.05, 3.63) is 0 Å². The number of rotatable bonds is 0. The quantitative estimate of drug-likeness (QED) is 0.627. The molecule has 0 saturated heterocycles. The Morgan fingerprint density at radius 2 is 0.800 bits per heavy atom. The molecule has 6 heteroatoms. The molecule has 8 unspecified atom stereocenters. The molecule has 0 bridgehead atoms. The molecule has 2 nitrogen and oxygen atoms in total. The molecular weight excluding hydrogens is 342 g/mol. The van der Waals surface area contributed by atoms with Crippen LogP contribution in [0.4, 0.5) is 0 Å². The zero-order valence-electron chi connectivity index (χ0n) is 10.5. The topological polar surface area (TPSA) is 34.1 Å². The van der Waals surface area contributed by atoms with Gasteiger partial charge >= 0.3 is 0 Å². The molecule has 20 heavy (non-hydrogen) atoms. The molecule has 0 amide bonds. The summed E-state index contributed by atoms with van der Waals surface area (Å²) in [7, 11) is 0. The van der Waals surface area contributed by atoms with Crippen LogP contribution in [0, 0.1) is 23.7 Å². The molecule has 0 spiro atoms. The van der Waals surface area contributed by atoms with E-state index in [-0.39, 0.29) is 35.2 Å². The fourth-order valence-electron chi connectivity index (χ4n) is 5.66. The SMILES string of the molecule is O=C1C2(Cl)C3CCC3C2(Cl)C(=O)C2(Cl)C3CCC3C12Cl. The number of hydrogen-bond donors (Lipinski definition) is 0. The van der Waals surface area contributed by atoms with Crippen LogP contribution in [0.2, 0.25) is 0 Å². The van der Waals surface area contributed by atoms with Crippen LogP contribution in [-0.2, 0) is 9.59 Å². The van der Waals surface area contributed by atoms with Crippen LogP contribution in [0.1, 0.15) is 25.7 Å². The van der Waals surface area contributed by atoms with Gasteiger partial charge in [0.1, 0.15) is 19.5 Å². The Hall–Kier alpha value is 0.500. The van der Waals surface area contributed by atoms with Crippen molar-refractivity contribution in [2.75, 3.05) is 0 Å². The largest absolute Gasteiger partial charge is 0.296 e. The van der Waals surface area contributed by atoms with Crippen molar-refractivity contribution in [1.29, 1.82) is 0 Å². The minimum absolute atomic E-state index is 0.00548. The average Bonchev–Trinajstić information content (AvgIpc) is 2.31. The van der Waals surface area contributed by atoms with Crippen molar-refractivity contribution in [2.24, 2.45) is 23.7 Å². The molecule has 0 radical (unpaired) electrons.